The molecule has 1 rings (SSSR count). The molecule has 0 radical (unpaired) electrons. The topological polar surface area (TPSA) is 35.5 Å². The molecule has 0 heterocycles. The standard InChI is InChI=1S/C8H14O3/c1-6(9)8(4-5-8)7(10-2)11-3/h7H,4-5H2,1-3H3. The van der Waals surface area contributed by atoms with Gasteiger partial charge in [0, 0.05) is 14.2 Å². The third-order valence-corrected chi connectivity index (χ3v) is 2.37. The molecule has 1 fully saturated rings. The molecule has 3 nitrogen and oxygen atoms in total. The van der Waals surface area contributed by atoms with Crippen molar-refractivity contribution >= 4 is 5.78 Å². The minimum Gasteiger partial charge on any atom is -0.355 e. The Morgan fingerprint density at radius 1 is 1.36 bits per heavy atom. The SMILES string of the molecule is COC(OC)C1(C(C)=O)CC1. The first kappa shape index (κ1) is 8.68. The lowest BCUT2D eigenvalue weighted by Crippen LogP contribution is -2.31. The molecule has 1 saturated carbocycles. The summed E-state index contributed by atoms with van der Waals surface area (Å²) in [7, 11) is 3.13. The van der Waals surface area contributed by atoms with Gasteiger partial charge in [0.1, 0.15) is 5.78 Å². The number of rotatable bonds is 4. The molecule has 0 unspecified atom stereocenters. The van der Waals surface area contributed by atoms with E-state index in [0.717, 1.165) is 12.8 Å². The highest BCUT2D eigenvalue weighted by atomic mass is 16.7. The van der Waals surface area contributed by atoms with E-state index in [4.69, 9.17) is 9.47 Å². The van der Waals surface area contributed by atoms with Crippen LogP contribution in [-0.4, -0.2) is 26.3 Å². The highest BCUT2D eigenvalue weighted by Crippen LogP contribution is 2.50. The second-order valence-electron chi connectivity index (χ2n) is 3.02. The lowest BCUT2D eigenvalue weighted by atomic mass is 10.0. The molecule has 0 spiro atoms. The summed E-state index contributed by atoms with van der Waals surface area (Å²) in [6, 6.07) is 0. The van der Waals surface area contributed by atoms with Gasteiger partial charge in [0.2, 0.25) is 0 Å². The fourth-order valence-corrected chi connectivity index (χ4v) is 1.44. The molecule has 0 N–H and O–H groups in total. The molecule has 11 heavy (non-hydrogen) atoms. The Hall–Kier alpha value is -0.410. The van der Waals surface area contributed by atoms with Crippen LogP contribution < -0.4 is 0 Å². The summed E-state index contributed by atoms with van der Waals surface area (Å²) in [6.07, 6.45) is 1.45. The monoisotopic (exact) mass is 158 g/mol. The van der Waals surface area contributed by atoms with Crippen molar-refractivity contribution in [3.8, 4) is 0 Å². The van der Waals surface area contributed by atoms with E-state index >= 15 is 0 Å². The molecular formula is C8H14O3. The van der Waals surface area contributed by atoms with E-state index in [9.17, 15) is 4.79 Å². The van der Waals surface area contributed by atoms with E-state index in [1.807, 2.05) is 0 Å². The molecule has 0 atom stereocenters. The number of methoxy groups -OCH3 is 2. The Labute approximate surface area is 66.7 Å². The zero-order valence-corrected chi connectivity index (χ0v) is 7.22. The van der Waals surface area contributed by atoms with Gasteiger partial charge in [0.05, 0.1) is 5.41 Å². The van der Waals surface area contributed by atoms with Crippen LogP contribution in [0.1, 0.15) is 19.8 Å². The number of carbonyl (C=O) groups is 1. The fraction of sp³-hybridized carbons (Fsp3) is 0.875. The van der Waals surface area contributed by atoms with Gasteiger partial charge < -0.3 is 9.47 Å². The van der Waals surface area contributed by atoms with Gasteiger partial charge in [-0.3, -0.25) is 4.79 Å². The summed E-state index contributed by atoms with van der Waals surface area (Å²) >= 11 is 0. The molecule has 0 aromatic heterocycles. The van der Waals surface area contributed by atoms with Crippen molar-refractivity contribution in [2.75, 3.05) is 14.2 Å². The van der Waals surface area contributed by atoms with Crippen LogP contribution >= 0.6 is 0 Å². The van der Waals surface area contributed by atoms with Crippen LogP contribution in [0.2, 0.25) is 0 Å². The average Bonchev–Trinajstić information content (AvgIpc) is 2.71. The van der Waals surface area contributed by atoms with Crippen LogP contribution in [0.3, 0.4) is 0 Å². The number of ketones is 1. The molecule has 0 bridgehead atoms. The van der Waals surface area contributed by atoms with Crippen molar-refractivity contribution < 1.29 is 14.3 Å². The third-order valence-electron chi connectivity index (χ3n) is 2.37. The van der Waals surface area contributed by atoms with E-state index in [0.29, 0.717) is 0 Å². The average molecular weight is 158 g/mol. The minimum atomic E-state index is -0.347. The van der Waals surface area contributed by atoms with Crippen molar-refractivity contribution in [1.29, 1.82) is 0 Å². The zero-order valence-electron chi connectivity index (χ0n) is 7.22. The number of hydrogen-bond donors (Lipinski definition) is 0. The Morgan fingerprint density at radius 3 is 1.91 bits per heavy atom. The van der Waals surface area contributed by atoms with Crippen molar-refractivity contribution in [2.45, 2.75) is 26.1 Å². The van der Waals surface area contributed by atoms with Crippen molar-refractivity contribution in [3.05, 3.63) is 0 Å². The van der Waals surface area contributed by atoms with Gasteiger partial charge in [0.25, 0.3) is 0 Å². The minimum absolute atomic E-state index is 0.172. The number of ether oxygens (including phenoxy) is 2. The summed E-state index contributed by atoms with van der Waals surface area (Å²) in [5, 5.41) is 0. The second-order valence-corrected chi connectivity index (χ2v) is 3.02. The molecule has 3 heteroatoms. The summed E-state index contributed by atoms with van der Waals surface area (Å²) < 4.78 is 10.1. The summed E-state index contributed by atoms with van der Waals surface area (Å²) in [5.74, 6) is 0.172. The van der Waals surface area contributed by atoms with Crippen molar-refractivity contribution in [1.82, 2.24) is 0 Å². The fourth-order valence-electron chi connectivity index (χ4n) is 1.44. The predicted octanol–water partition coefficient (Wildman–Crippen LogP) is 0.974. The Balaban J connectivity index is 2.63. The second kappa shape index (κ2) is 2.91. The van der Waals surface area contributed by atoms with E-state index < -0.39 is 0 Å². The molecular weight excluding hydrogens is 144 g/mol. The van der Waals surface area contributed by atoms with Crippen LogP contribution in [0, 0.1) is 5.41 Å². The Morgan fingerprint density at radius 2 is 1.82 bits per heavy atom. The number of carbonyl (C=O) groups excluding carboxylic acids is 1. The molecule has 0 amide bonds. The first-order chi connectivity index (χ1) is 5.17. The molecule has 0 saturated heterocycles. The molecule has 1 aliphatic carbocycles. The maximum Gasteiger partial charge on any atom is 0.169 e. The maximum absolute atomic E-state index is 11.1. The van der Waals surface area contributed by atoms with Gasteiger partial charge in [-0.25, -0.2) is 0 Å². The summed E-state index contributed by atoms with van der Waals surface area (Å²) in [5.41, 5.74) is -0.316. The van der Waals surface area contributed by atoms with Gasteiger partial charge in [-0.05, 0) is 19.8 Å². The summed E-state index contributed by atoms with van der Waals surface area (Å²) in [4.78, 5) is 11.1. The van der Waals surface area contributed by atoms with E-state index in [2.05, 4.69) is 0 Å². The molecule has 64 valence electrons. The van der Waals surface area contributed by atoms with E-state index in [1.165, 1.54) is 0 Å². The summed E-state index contributed by atoms with van der Waals surface area (Å²) in [6.45, 7) is 1.60. The molecule has 0 aromatic carbocycles. The Bertz CT molecular complexity index is 157. The van der Waals surface area contributed by atoms with Crippen LogP contribution in [0.5, 0.6) is 0 Å². The first-order valence-electron chi connectivity index (χ1n) is 3.74. The van der Waals surface area contributed by atoms with Gasteiger partial charge in [-0.15, -0.1) is 0 Å². The van der Waals surface area contributed by atoms with Gasteiger partial charge in [-0.1, -0.05) is 0 Å². The lowest BCUT2D eigenvalue weighted by molar-refractivity contribution is -0.161. The largest absolute Gasteiger partial charge is 0.355 e. The van der Waals surface area contributed by atoms with Crippen molar-refractivity contribution in [3.63, 3.8) is 0 Å². The van der Waals surface area contributed by atoms with Crippen LogP contribution in [0.4, 0.5) is 0 Å². The smallest absolute Gasteiger partial charge is 0.169 e. The molecule has 1 aliphatic rings. The molecule has 0 aliphatic heterocycles. The van der Waals surface area contributed by atoms with Gasteiger partial charge in [0.15, 0.2) is 6.29 Å². The van der Waals surface area contributed by atoms with Gasteiger partial charge in [-0.2, -0.15) is 0 Å². The van der Waals surface area contributed by atoms with E-state index in [1.54, 1.807) is 21.1 Å². The number of Topliss-reactive ketones (excluding diaryl/α,β-unsaturated/α-hetero) is 1. The van der Waals surface area contributed by atoms with E-state index in [-0.39, 0.29) is 17.5 Å². The normalized spacial score (nSPS) is 20.4. The highest BCUT2D eigenvalue weighted by Gasteiger charge is 2.54. The quantitative estimate of drug-likeness (QED) is 0.572. The lowest BCUT2D eigenvalue weighted by Gasteiger charge is -2.21. The Kier molecular flexibility index (Phi) is 2.30. The number of hydrogen-bond acceptors (Lipinski definition) is 3. The third kappa shape index (κ3) is 1.30. The van der Waals surface area contributed by atoms with Gasteiger partial charge >= 0.3 is 0 Å². The highest BCUT2D eigenvalue weighted by molar-refractivity contribution is 5.85. The van der Waals surface area contributed by atoms with Crippen LogP contribution in [0.25, 0.3) is 0 Å². The zero-order chi connectivity index (χ0) is 8.48. The van der Waals surface area contributed by atoms with Crippen LogP contribution in [0.15, 0.2) is 0 Å². The van der Waals surface area contributed by atoms with Crippen molar-refractivity contribution in [2.24, 2.45) is 5.41 Å². The maximum atomic E-state index is 11.1. The predicted molar refractivity (Wildman–Crippen MR) is 40.2 cm³/mol. The molecule has 0 aromatic rings. The van der Waals surface area contributed by atoms with Crippen LogP contribution in [-0.2, 0) is 14.3 Å². The first-order valence-corrected chi connectivity index (χ1v) is 3.74.